The fourth-order valence-corrected chi connectivity index (χ4v) is 2.02. The van der Waals surface area contributed by atoms with E-state index in [2.05, 4.69) is 13.8 Å². The van der Waals surface area contributed by atoms with E-state index in [4.69, 9.17) is 15.2 Å². The van der Waals surface area contributed by atoms with Crippen LogP contribution in [0.3, 0.4) is 0 Å². The summed E-state index contributed by atoms with van der Waals surface area (Å²) in [6, 6.07) is 5.96. The summed E-state index contributed by atoms with van der Waals surface area (Å²) < 4.78 is 11.2. The Morgan fingerprint density at radius 1 is 1.25 bits per heavy atom. The second kappa shape index (κ2) is 4.74. The molecule has 0 spiro atoms. The Labute approximate surface area is 96.5 Å². The zero-order valence-corrected chi connectivity index (χ0v) is 9.90. The average molecular weight is 221 g/mol. The third-order valence-electron chi connectivity index (χ3n) is 2.72. The van der Waals surface area contributed by atoms with Crippen molar-refractivity contribution in [2.75, 3.05) is 13.2 Å². The SMILES string of the molecule is CC(C)C[C@H](N)c1cccc2c1OCCO2. The molecule has 3 nitrogen and oxygen atoms in total. The number of ether oxygens (including phenoxy) is 2. The predicted molar refractivity (Wildman–Crippen MR) is 63.8 cm³/mol. The number of hydrogen-bond acceptors (Lipinski definition) is 3. The Balaban J connectivity index is 2.26. The zero-order chi connectivity index (χ0) is 11.5. The van der Waals surface area contributed by atoms with Gasteiger partial charge in [0.1, 0.15) is 13.2 Å². The van der Waals surface area contributed by atoms with Gasteiger partial charge >= 0.3 is 0 Å². The lowest BCUT2D eigenvalue weighted by Gasteiger charge is -2.24. The molecule has 88 valence electrons. The lowest BCUT2D eigenvalue weighted by Crippen LogP contribution is -2.20. The molecule has 0 fully saturated rings. The molecule has 1 atom stereocenters. The van der Waals surface area contributed by atoms with Gasteiger partial charge in [-0.25, -0.2) is 0 Å². The van der Waals surface area contributed by atoms with E-state index in [-0.39, 0.29) is 6.04 Å². The van der Waals surface area contributed by atoms with Crippen molar-refractivity contribution in [2.24, 2.45) is 11.7 Å². The molecule has 1 aliphatic rings. The quantitative estimate of drug-likeness (QED) is 0.853. The van der Waals surface area contributed by atoms with Gasteiger partial charge in [-0.3, -0.25) is 0 Å². The van der Waals surface area contributed by atoms with Gasteiger partial charge < -0.3 is 15.2 Å². The number of rotatable bonds is 3. The maximum Gasteiger partial charge on any atom is 0.166 e. The standard InChI is InChI=1S/C13H19NO2/c1-9(2)8-11(14)10-4-3-5-12-13(10)16-7-6-15-12/h3-5,9,11H,6-8,14H2,1-2H3/t11-/m0/s1. The van der Waals surface area contributed by atoms with Gasteiger partial charge in [-0.05, 0) is 18.4 Å². The monoisotopic (exact) mass is 221 g/mol. The second-order valence-corrected chi connectivity index (χ2v) is 4.61. The van der Waals surface area contributed by atoms with Crippen LogP contribution >= 0.6 is 0 Å². The molecular formula is C13H19NO2. The van der Waals surface area contributed by atoms with Gasteiger partial charge in [0, 0.05) is 11.6 Å². The van der Waals surface area contributed by atoms with Crippen molar-refractivity contribution in [1.82, 2.24) is 0 Å². The van der Waals surface area contributed by atoms with Crippen LogP contribution in [-0.2, 0) is 0 Å². The average Bonchev–Trinajstić information content (AvgIpc) is 2.27. The van der Waals surface area contributed by atoms with E-state index in [1.807, 2.05) is 18.2 Å². The number of hydrogen-bond donors (Lipinski definition) is 1. The van der Waals surface area contributed by atoms with Crippen LogP contribution in [0.1, 0.15) is 31.9 Å². The van der Waals surface area contributed by atoms with Crippen molar-refractivity contribution in [3.8, 4) is 11.5 Å². The van der Waals surface area contributed by atoms with Crippen molar-refractivity contribution in [3.63, 3.8) is 0 Å². The minimum atomic E-state index is 0.0247. The third-order valence-corrected chi connectivity index (χ3v) is 2.72. The Kier molecular flexibility index (Phi) is 3.34. The van der Waals surface area contributed by atoms with Crippen LogP contribution in [-0.4, -0.2) is 13.2 Å². The molecule has 2 N–H and O–H groups in total. The summed E-state index contributed by atoms with van der Waals surface area (Å²) in [6.07, 6.45) is 0.958. The fourth-order valence-electron chi connectivity index (χ4n) is 2.02. The number of benzene rings is 1. The number of nitrogens with two attached hydrogens (primary N) is 1. The van der Waals surface area contributed by atoms with Gasteiger partial charge in [0.05, 0.1) is 0 Å². The van der Waals surface area contributed by atoms with Crippen molar-refractivity contribution in [2.45, 2.75) is 26.3 Å². The van der Waals surface area contributed by atoms with E-state index in [1.54, 1.807) is 0 Å². The molecule has 1 aliphatic heterocycles. The molecule has 0 unspecified atom stereocenters. The van der Waals surface area contributed by atoms with Crippen LogP contribution in [0.2, 0.25) is 0 Å². The van der Waals surface area contributed by atoms with Gasteiger partial charge in [0.25, 0.3) is 0 Å². The van der Waals surface area contributed by atoms with Crippen LogP contribution in [0, 0.1) is 5.92 Å². The lowest BCUT2D eigenvalue weighted by molar-refractivity contribution is 0.169. The summed E-state index contributed by atoms with van der Waals surface area (Å²) >= 11 is 0. The smallest absolute Gasteiger partial charge is 0.166 e. The van der Waals surface area contributed by atoms with E-state index in [0.29, 0.717) is 19.1 Å². The first-order chi connectivity index (χ1) is 7.68. The van der Waals surface area contributed by atoms with Gasteiger partial charge in [-0.15, -0.1) is 0 Å². The first kappa shape index (κ1) is 11.3. The van der Waals surface area contributed by atoms with E-state index >= 15 is 0 Å². The van der Waals surface area contributed by atoms with Crippen molar-refractivity contribution >= 4 is 0 Å². The van der Waals surface area contributed by atoms with Gasteiger partial charge in [-0.2, -0.15) is 0 Å². The molecule has 0 bridgehead atoms. The summed E-state index contributed by atoms with van der Waals surface area (Å²) in [5.74, 6) is 2.24. The molecule has 1 heterocycles. The topological polar surface area (TPSA) is 44.5 Å². The Bertz CT molecular complexity index is 363. The normalized spacial score (nSPS) is 16.2. The summed E-state index contributed by atoms with van der Waals surface area (Å²) in [5, 5.41) is 0. The summed E-state index contributed by atoms with van der Waals surface area (Å²) in [5.41, 5.74) is 7.25. The molecule has 0 saturated carbocycles. The Morgan fingerprint density at radius 3 is 2.75 bits per heavy atom. The van der Waals surface area contributed by atoms with E-state index in [9.17, 15) is 0 Å². The van der Waals surface area contributed by atoms with E-state index < -0.39 is 0 Å². The molecule has 2 rings (SSSR count). The molecule has 1 aromatic carbocycles. The number of fused-ring (bicyclic) bond motifs is 1. The first-order valence-corrected chi connectivity index (χ1v) is 5.82. The number of para-hydroxylation sites is 1. The molecule has 0 amide bonds. The Hall–Kier alpha value is -1.22. The highest BCUT2D eigenvalue weighted by Crippen LogP contribution is 2.37. The Morgan fingerprint density at radius 2 is 2.00 bits per heavy atom. The summed E-state index contributed by atoms with van der Waals surface area (Å²) in [4.78, 5) is 0. The van der Waals surface area contributed by atoms with Crippen molar-refractivity contribution < 1.29 is 9.47 Å². The van der Waals surface area contributed by atoms with Crippen molar-refractivity contribution in [1.29, 1.82) is 0 Å². The highest BCUT2D eigenvalue weighted by molar-refractivity contribution is 5.48. The second-order valence-electron chi connectivity index (χ2n) is 4.61. The van der Waals surface area contributed by atoms with Gasteiger partial charge in [0.15, 0.2) is 11.5 Å². The fraction of sp³-hybridized carbons (Fsp3) is 0.538. The zero-order valence-electron chi connectivity index (χ0n) is 9.90. The first-order valence-electron chi connectivity index (χ1n) is 5.82. The third kappa shape index (κ3) is 2.30. The molecular weight excluding hydrogens is 202 g/mol. The summed E-state index contributed by atoms with van der Waals surface area (Å²) in [7, 11) is 0. The molecule has 0 aliphatic carbocycles. The molecule has 3 heteroatoms. The van der Waals surface area contributed by atoms with Gasteiger partial charge in [0.2, 0.25) is 0 Å². The van der Waals surface area contributed by atoms with Crippen LogP contribution in [0.25, 0.3) is 0 Å². The van der Waals surface area contributed by atoms with Crippen molar-refractivity contribution in [3.05, 3.63) is 23.8 Å². The maximum absolute atomic E-state index is 6.18. The molecule has 0 aromatic heterocycles. The molecule has 1 aromatic rings. The lowest BCUT2D eigenvalue weighted by atomic mass is 9.97. The minimum absolute atomic E-state index is 0.0247. The van der Waals surface area contributed by atoms with Crippen LogP contribution < -0.4 is 15.2 Å². The van der Waals surface area contributed by atoms with Crippen LogP contribution in [0.4, 0.5) is 0 Å². The largest absolute Gasteiger partial charge is 0.486 e. The predicted octanol–water partition coefficient (Wildman–Crippen LogP) is 2.50. The minimum Gasteiger partial charge on any atom is -0.486 e. The van der Waals surface area contributed by atoms with E-state index in [0.717, 1.165) is 23.5 Å². The van der Waals surface area contributed by atoms with Crippen LogP contribution in [0.15, 0.2) is 18.2 Å². The summed E-state index contributed by atoms with van der Waals surface area (Å²) in [6.45, 7) is 5.58. The molecule has 0 saturated heterocycles. The van der Waals surface area contributed by atoms with Gasteiger partial charge in [-0.1, -0.05) is 26.0 Å². The van der Waals surface area contributed by atoms with E-state index in [1.165, 1.54) is 0 Å². The molecule has 16 heavy (non-hydrogen) atoms. The highest BCUT2D eigenvalue weighted by atomic mass is 16.6. The molecule has 0 radical (unpaired) electrons. The van der Waals surface area contributed by atoms with Crippen LogP contribution in [0.5, 0.6) is 11.5 Å². The maximum atomic E-state index is 6.18. The highest BCUT2D eigenvalue weighted by Gasteiger charge is 2.20.